The number of hydrogen-bond donors (Lipinski definition) is 1. The van der Waals surface area contributed by atoms with E-state index in [1.54, 1.807) is 25.3 Å². The van der Waals surface area contributed by atoms with Crippen molar-refractivity contribution in [3.8, 4) is 0 Å². The van der Waals surface area contributed by atoms with Crippen molar-refractivity contribution in [3.05, 3.63) is 46.9 Å². The van der Waals surface area contributed by atoms with Gasteiger partial charge in [-0.2, -0.15) is 0 Å². The fourth-order valence-electron chi connectivity index (χ4n) is 1.69. The number of amides is 1. The monoisotopic (exact) mass is 272 g/mol. The van der Waals surface area contributed by atoms with Crippen molar-refractivity contribution >= 4 is 28.3 Å². The molecule has 0 aliphatic rings. The van der Waals surface area contributed by atoms with Gasteiger partial charge in [0.05, 0.1) is 12.3 Å². The molecule has 6 nitrogen and oxygen atoms in total. The van der Waals surface area contributed by atoms with Crippen LogP contribution in [0.25, 0.3) is 10.8 Å². The van der Waals surface area contributed by atoms with Gasteiger partial charge in [-0.1, -0.05) is 6.07 Å². The molecule has 1 aromatic carbocycles. The third-order valence-corrected chi connectivity index (χ3v) is 2.57. The number of nitrogens with one attached hydrogen (secondary N) is 1. The van der Waals surface area contributed by atoms with E-state index in [1.807, 2.05) is 0 Å². The molecule has 0 aliphatic carbocycles. The topological polar surface area (TPSA) is 85.4 Å². The maximum Gasteiger partial charge on any atom is 0.397 e. The first-order valence-electron chi connectivity index (χ1n) is 5.98. The molecule has 0 bridgehead atoms. The molecule has 0 unspecified atom stereocenters. The minimum atomic E-state index is -0.997. The number of nitrogens with zero attached hydrogens (tertiary/aromatic N) is 1. The summed E-state index contributed by atoms with van der Waals surface area (Å²) in [6.45, 7) is 1.70. The minimum Gasteiger partial charge on any atom is -0.459 e. The standard InChI is InChI=1S/C14H12N2O4/c1-2-20-14(19)13(18)16-12-7-10(17)4-3-9-5-6-15-8-11(9)12/h3-8H,2H2,1H3,(H,16,18). The SMILES string of the molecule is CCOC(=O)C(=O)Nc1cc(=O)ccc2ccncc12. The molecule has 1 N–H and O–H groups in total. The molecule has 0 atom stereocenters. The maximum absolute atomic E-state index is 11.7. The van der Waals surface area contributed by atoms with Crippen LogP contribution in [0.2, 0.25) is 0 Å². The molecule has 102 valence electrons. The van der Waals surface area contributed by atoms with Gasteiger partial charge in [-0.05, 0) is 24.4 Å². The van der Waals surface area contributed by atoms with E-state index in [-0.39, 0.29) is 17.7 Å². The van der Waals surface area contributed by atoms with E-state index < -0.39 is 11.9 Å². The average molecular weight is 272 g/mol. The number of carbonyl (C=O) groups excluding carboxylic acids is 2. The highest BCUT2D eigenvalue weighted by Gasteiger charge is 2.15. The number of anilines is 1. The van der Waals surface area contributed by atoms with Crippen molar-refractivity contribution in [2.45, 2.75) is 6.92 Å². The Morgan fingerprint density at radius 1 is 1.30 bits per heavy atom. The Labute approximate surface area is 114 Å². The second-order valence-electron chi connectivity index (χ2n) is 3.93. The van der Waals surface area contributed by atoms with E-state index in [2.05, 4.69) is 15.0 Å². The predicted molar refractivity (Wildman–Crippen MR) is 73.3 cm³/mol. The molecule has 2 rings (SSSR count). The summed E-state index contributed by atoms with van der Waals surface area (Å²) in [5, 5.41) is 3.66. The van der Waals surface area contributed by atoms with E-state index in [0.717, 1.165) is 5.39 Å². The molecule has 0 saturated carbocycles. The van der Waals surface area contributed by atoms with Gasteiger partial charge in [0.1, 0.15) is 0 Å². The number of fused-ring (bicyclic) bond motifs is 1. The first-order valence-corrected chi connectivity index (χ1v) is 5.98. The highest BCUT2D eigenvalue weighted by molar-refractivity contribution is 6.37. The van der Waals surface area contributed by atoms with Crippen LogP contribution in [-0.2, 0) is 14.3 Å². The van der Waals surface area contributed by atoms with Crippen LogP contribution in [-0.4, -0.2) is 23.5 Å². The highest BCUT2D eigenvalue weighted by Crippen LogP contribution is 2.19. The summed E-state index contributed by atoms with van der Waals surface area (Å²) in [6.07, 6.45) is 3.08. The lowest BCUT2D eigenvalue weighted by molar-refractivity contribution is -0.152. The summed E-state index contributed by atoms with van der Waals surface area (Å²) >= 11 is 0. The lowest BCUT2D eigenvalue weighted by Gasteiger charge is -2.05. The Morgan fingerprint density at radius 2 is 2.10 bits per heavy atom. The van der Waals surface area contributed by atoms with Crippen LogP contribution in [0.1, 0.15) is 6.92 Å². The Morgan fingerprint density at radius 3 is 2.85 bits per heavy atom. The average Bonchev–Trinajstić information content (AvgIpc) is 2.59. The number of hydrogen-bond acceptors (Lipinski definition) is 5. The van der Waals surface area contributed by atoms with Crippen molar-refractivity contribution in [1.29, 1.82) is 0 Å². The van der Waals surface area contributed by atoms with E-state index in [4.69, 9.17) is 0 Å². The summed E-state index contributed by atoms with van der Waals surface area (Å²) in [4.78, 5) is 38.5. The van der Waals surface area contributed by atoms with Gasteiger partial charge in [0.2, 0.25) is 0 Å². The van der Waals surface area contributed by atoms with Crippen molar-refractivity contribution in [1.82, 2.24) is 4.98 Å². The molecule has 0 spiro atoms. The zero-order valence-corrected chi connectivity index (χ0v) is 10.8. The summed E-state index contributed by atoms with van der Waals surface area (Å²) in [5.41, 5.74) is -0.0680. The van der Waals surface area contributed by atoms with Crippen molar-refractivity contribution in [2.24, 2.45) is 0 Å². The van der Waals surface area contributed by atoms with Crippen LogP contribution in [0.3, 0.4) is 0 Å². The zero-order chi connectivity index (χ0) is 14.5. The van der Waals surface area contributed by atoms with Crippen LogP contribution < -0.4 is 10.7 Å². The molecular weight excluding hydrogens is 260 g/mol. The maximum atomic E-state index is 11.7. The van der Waals surface area contributed by atoms with Crippen LogP contribution >= 0.6 is 0 Å². The molecule has 1 aromatic heterocycles. The fraction of sp³-hybridized carbons (Fsp3) is 0.143. The third-order valence-electron chi connectivity index (χ3n) is 2.57. The van der Waals surface area contributed by atoms with E-state index >= 15 is 0 Å². The fourth-order valence-corrected chi connectivity index (χ4v) is 1.69. The highest BCUT2D eigenvalue weighted by atomic mass is 16.5. The molecule has 1 heterocycles. The molecule has 0 saturated heterocycles. The van der Waals surface area contributed by atoms with E-state index in [0.29, 0.717) is 5.39 Å². The van der Waals surface area contributed by atoms with Gasteiger partial charge in [-0.25, -0.2) is 4.79 Å². The lowest BCUT2D eigenvalue weighted by atomic mass is 10.2. The third kappa shape index (κ3) is 2.97. The molecule has 0 fully saturated rings. The van der Waals surface area contributed by atoms with Gasteiger partial charge < -0.3 is 10.1 Å². The minimum absolute atomic E-state index is 0.101. The normalized spacial score (nSPS) is 10.1. The van der Waals surface area contributed by atoms with Crippen molar-refractivity contribution < 1.29 is 14.3 Å². The number of carbonyl (C=O) groups is 2. The number of pyridine rings is 1. The Kier molecular flexibility index (Phi) is 4.05. The summed E-state index contributed by atoms with van der Waals surface area (Å²) in [6, 6.07) is 5.94. The van der Waals surface area contributed by atoms with Gasteiger partial charge in [0.15, 0.2) is 5.43 Å². The Hall–Kier alpha value is -2.76. The zero-order valence-electron chi connectivity index (χ0n) is 10.8. The van der Waals surface area contributed by atoms with Crippen molar-refractivity contribution in [2.75, 3.05) is 11.9 Å². The second kappa shape index (κ2) is 5.92. The number of rotatable bonds is 2. The van der Waals surface area contributed by atoms with Gasteiger partial charge in [-0.3, -0.25) is 14.6 Å². The number of esters is 1. The molecule has 6 heteroatoms. The molecule has 20 heavy (non-hydrogen) atoms. The summed E-state index contributed by atoms with van der Waals surface area (Å²) < 4.78 is 4.60. The number of aromatic nitrogens is 1. The van der Waals surface area contributed by atoms with Gasteiger partial charge in [-0.15, -0.1) is 0 Å². The first kappa shape index (κ1) is 13.7. The van der Waals surface area contributed by atoms with Crippen LogP contribution in [0.15, 0.2) is 41.5 Å². The Bertz CT molecular complexity index is 728. The molecule has 1 amide bonds. The smallest absolute Gasteiger partial charge is 0.397 e. The second-order valence-corrected chi connectivity index (χ2v) is 3.93. The summed E-state index contributed by atoms with van der Waals surface area (Å²) in [7, 11) is 0. The first-order chi connectivity index (χ1) is 9.61. The molecule has 2 aromatic rings. The molecule has 0 radical (unpaired) electrons. The van der Waals surface area contributed by atoms with Gasteiger partial charge in [0.25, 0.3) is 0 Å². The molecule has 0 aliphatic heterocycles. The predicted octanol–water partition coefficient (Wildman–Crippen LogP) is 1.10. The van der Waals surface area contributed by atoms with Crippen molar-refractivity contribution in [3.63, 3.8) is 0 Å². The largest absolute Gasteiger partial charge is 0.459 e. The van der Waals surface area contributed by atoms with Gasteiger partial charge >= 0.3 is 11.9 Å². The van der Waals surface area contributed by atoms with E-state index in [1.165, 1.54) is 18.3 Å². The van der Waals surface area contributed by atoms with Crippen LogP contribution in [0, 0.1) is 0 Å². The quantitative estimate of drug-likeness (QED) is 0.653. The molecular formula is C14H12N2O4. The lowest BCUT2D eigenvalue weighted by Crippen LogP contribution is -2.25. The number of ether oxygens (including phenoxy) is 1. The van der Waals surface area contributed by atoms with Gasteiger partial charge in [0, 0.05) is 23.8 Å². The van der Waals surface area contributed by atoms with Crippen LogP contribution in [0.5, 0.6) is 0 Å². The summed E-state index contributed by atoms with van der Waals surface area (Å²) in [5.74, 6) is -1.92. The Balaban J connectivity index is 2.46. The van der Waals surface area contributed by atoms with Crippen LogP contribution in [0.4, 0.5) is 5.69 Å². The van der Waals surface area contributed by atoms with E-state index in [9.17, 15) is 14.4 Å².